The summed E-state index contributed by atoms with van der Waals surface area (Å²) in [4.78, 5) is 15.7. The van der Waals surface area contributed by atoms with E-state index in [1.54, 1.807) is 32.9 Å². The molecule has 0 amide bonds. The molecule has 1 unspecified atom stereocenters. The van der Waals surface area contributed by atoms with Gasteiger partial charge in [-0.05, 0) is 85.2 Å². The lowest BCUT2D eigenvalue weighted by Crippen LogP contribution is -2.21. The fraction of sp³-hybridized carbons (Fsp3) is 0.400. The topological polar surface area (TPSA) is 88.9 Å². The molecule has 40 heavy (non-hydrogen) atoms. The molecule has 0 bridgehead atoms. The molecule has 0 aliphatic heterocycles. The van der Waals surface area contributed by atoms with Gasteiger partial charge in [0, 0.05) is 24.2 Å². The molecule has 0 spiro atoms. The highest BCUT2D eigenvalue weighted by molar-refractivity contribution is 5.78. The fourth-order valence-corrected chi connectivity index (χ4v) is 4.95. The first-order valence-corrected chi connectivity index (χ1v) is 12.8. The molecular formula is C30H31F4NO5. The number of aliphatic carboxylic acids is 1. The molecule has 4 rings (SSSR count). The van der Waals surface area contributed by atoms with Crippen molar-refractivity contribution in [2.45, 2.75) is 64.8 Å². The predicted octanol–water partition coefficient (Wildman–Crippen LogP) is 6.69. The summed E-state index contributed by atoms with van der Waals surface area (Å²) in [7, 11) is 0. The lowest BCUT2D eigenvalue weighted by Gasteiger charge is -2.19. The zero-order valence-electron chi connectivity index (χ0n) is 22.6. The quantitative estimate of drug-likeness (QED) is 0.283. The third-order valence-corrected chi connectivity index (χ3v) is 7.05. The average Bonchev–Trinajstić information content (AvgIpc) is 3.17. The molecule has 2 aromatic carbocycles. The van der Waals surface area contributed by atoms with E-state index in [-0.39, 0.29) is 41.7 Å². The van der Waals surface area contributed by atoms with E-state index < -0.39 is 35.0 Å². The van der Waals surface area contributed by atoms with Crippen LogP contribution in [0.5, 0.6) is 11.6 Å². The van der Waals surface area contributed by atoms with Crippen LogP contribution in [-0.2, 0) is 24.0 Å². The number of aromatic nitrogens is 1. The van der Waals surface area contributed by atoms with Crippen molar-refractivity contribution in [2.24, 2.45) is 5.92 Å². The van der Waals surface area contributed by atoms with Gasteiger partial charge in [0.1, 0.15) is 18.2 Å². The number of halogens is 4. The van der Waals surface area contributed by atoms with Crippen molar-refractivity contribution in [3.05, 3.63) is 76.2 Å². The number of carboxylic acids is 1. The van der Waals surface area contributed by atoms with Gasteiger partial charge in [0.25, 0.3) is 0 Å². The number of ether oxygens (including phenoxy) is 2. The largest absolute Gasteiger partial charge is 0.493 e. The van der Waals surface area contributed by atoms with E-state index in [2.05, 4.69) is 4.98 Å². The minimum absolute atomic E-state index is 0.0908. The number of rotatable bonds is 9. The van der Waals surface area contributed by atoms with Crippen LogP contribution in [0, 0.1) is 18.7 Å². The second-order valence-electron chi connectivity index (χ2n) is 10.9. The molecule has 214 valence electrons. The Morgan fingerprint density at radius 1 is 1.10 bits per heavy atom. The molecule has 2 N–H and O–H groups in total. The summed E-state index contributed by atoms with van der Waals surface area (Å²) in [6.07, 6.45) is -2.49. The van der Waals surface area contributed by atoms with Crippen LogP contribution in [0.1, 0.15) is 60.9 Å². The number of carboxylic acid groups (broad SMARTS) is 1. The number of carbonyl (C=O) groups is 1. The third-order valence-electron chi connectivity index (χ3n) is 7.05. The molecule has 0 radical (unpaired) electrons. The zero-order chi connectivity index (χ0) is 29.4. The Morgan fingerprint density at radius 3 is 2.45 bits per heavy atom. The summed E-state index contributed by atoms with van der Waals surface area (Å²) in [5.74, 6) is -2.24. The SMILES string of the molecule is Cc1cc(OCCC(C)(C)O)ccc1-c1cc(COc2cc3c(cn2)[C@@H](C(=O)O)C(C)C3)c(F)cc1C(F)(F)F. The average molecular weight is 562 g/mol. The highest BCUT2D eigenvalue weighted by atomic mass is 19.4. The maximum absolute atomic E-state index is 14.9. The number of aryl methyl sites for hydroxylation is 1. The molecule has 0 saturated heterocycles. The first-order valence-electron chi connectivity index (χ1n) is 12.8. The molecule has 1 aliphatic carbocycles. The molecule has 6 nitrogen and oxygen atoms in total. The van der Waals surface area contributed by atoms with Crippen molar-refractivity contribution in [3.63, 3.8) is 0 Å². The molecule has 2 atom stereocenters. The van der Waals surface area contributed by atoms with E-state index in [4.69, 9.17) is 9.47 Å². The third kappa shape index (κ3) is 6.55. The molecule has 3 aromatic rings. The van der Waals surface area contributed by atoms with Crippen LogP contribution < -0.4 is 9.47 Å². The minimum Gasteiger partial charge on any atom is -0.493 e. The minimum atomic E-state index is -4.80. The van der Waals surface area contributed by atoms with Crippen molar-refractivity contribution in [3.8, 4) is 22.8 Å². The van der Waals surface area contributed by atoms with Crippen molar-refractivity contribution < 1.29 is 42.0 Å². The van der Waals surface area contributed by atoms with Crippen molar-refractivity contribution in [1.29, 1.82) is 0 Å². The van der Waals surface area contributed by atoms with Crippen LogP contribution in [0.25, 0.3) is 11.1 Å². The molecule has 10 heteroatoms. The Bertz CT molecular complexity index is 1410. The Hall–Kier alpha value is -3.66. The molecular weight excluding hydrogens is 530 g/mol. The van der Waals surface area contributed by atoms with Gasteiger partial charge in [-0.3, -0.25) is 4.79 Å². The Balaban J connectivity index is 1.60. The summed E-state index contributed by atoms with van der Waals surface area (Å²) in [6.45, 7) is 6.61. The summed E-state index contributed by atoms with van der Waals surface area (Å²) in [5, 5.41) is 19.3. The number of hydrogen-bond donors (Lipinski definition) is 2. The number of fused-ring (bicyclic) bond motifs is 1. The lowest BCUT2D eigenvalue weighted by atomic mass is 9.93. The number of hydrogen-bond acceptors (Lipinski definition) is 5. The van der Waals surface area contributed by atoms with Gasteiger partial charge in [-0.2, -0.15) is 13.2 Å². The van der Waals surface area contributed by atoms with Crippen LogP contribution in [-0.4, -0.2) is 33.4 Å². The summed E-state index contributed by atoms with van der Waals surface area (Å²) < 4.78 is 68.0. The van der Waals surface area contributed by atoms with Crippen molar-refractivity contribution >= 4 is 5.97 Å². The lowest BCUT2D eigenvalue weighted by molar-refractivity contribution is -0.140. The first kappa shape index (κ1) is 29.3. The van der Waals surface area contributed by atoms with Crippen LogP contribution in [0.2, 0.25) is 0 Å². The maximum Gasteiger partial charge on any atom is 0.417 e. The number of pyridine rings is 1. The van der Waals surface area contributed by atoms with Crippen molar-refractivity contribution in [1.82, 2.24) is 4.98 Å². The zero-order valence-corrected chi connectivity index (χ0v) is 22.6. The Kier molecular flexibility index (Phi) is 8.12. The second-order valence-corrected chi connectivity index (χ2v) is 10.9. The molecule has 0 fully saturated rings. The van der Waals surface area contributed by atoms with Gasteiger partial charge >= 0.3 is 12.1 Å². The monoisotopic (exact) mass is 561 g/mol. The van der Waals surface area contributed by atoms with Crippen LogP contribution in [0.15, 0.2) is 42.6 Å². The van der Waals surface area contributed by atoms with E-state index in [0.717, 1.165) is 11.6 Å². The van der Waals surface area contributed by atoms with E-state index in [9.17, 15) is 32.6 Å². The Morgan fingerprint density at radius 2 is 1.82 bits per heavy atom. The molecule has 1 aromatic heterocycles. The van der Waals surface area contributed by atoms with Gasteiger partial charge in [0.15, 0.2) is 0 Å². The van der Waals surface area contributed by atoms with Crippen LogP contribution in [0.3, 0.4) is 0 Å². The second kappa shape index (κ2) is 11.1. The van der Waals surface area contributed by atoms with Crippen LogP contribution in [0.4, 0.5) is 17.6 Å². The summed E-state index contributed by atoms with van der Waals surface area (Å²) in [5.41, 5.74) is -0.216. The fourth-order valence-electron chi connectivity index (χ4n) is 4.95. The van der Waals surface area contributed by atoms with Gasteiger partial charge < -0.3 is 19.7 Å². The standard InChI is InChI=1S/C30H31F4NO5/c1-16-10-20(39-8-7-29(3,4)38)5-6-21(16)22-11-19(25(31)13-24(22)30(32,33)34)15-40-26-12-18-9-17(2)27(28(36)37)23(18)14-35-26/h5-6,10-14,17,27,38H,7-9,15H2,1-4H3,(H,36,37)/t17?,27-/m0/s1. The van der Waals surface area contributed by atoms with E-state index in [1.807, 2.05) is 6.92 Å². The van der Waals surface area contributed by atoms with Crippen LogP contribution >= 0.6 is 0 Å². The highest BCUT2D eigenvalue weighted by Crippen LogP contribution is 2.41. The summed E-state index contributed by atoms with van der Waals surface area (Å²) >= 11 is 0. The number of nitrogens with zero attached hydrogens (tertiary/aromatic N) is 1. The van der Waals surface area contributed by atoms with E-state index in [0.29, 0.717) is 35.8 Å². The number of alkyl halides is 3. The first-order chi connectivity index (χ1) is 18.6. The van der Waals surface area contributed by atoms with Gasteiger partial charge in [0.05, 0.1) is 23.7 Å². The highest BCUT2D eigenvalue weighted by Gasteiger charge is 2.36. The molecule has 1 heterocycles. The van der Waals surface area contributed by atoms with E-state index in [1.165, 1.54) is 18.3 Å². The molecule has 0 saturated carbocycles. The van der Waals surface area contributed by atoms with Gasteiger partial charge in [-0.25, -0.2) is 9.37 Å². The van der Waals surface area contributed by atoms with Gasteiger partial charge in [-0.15, -0.1) is 0 Å². The maximum atomic E-state index is 14.9. The van der Waals surface area contributed by atoms with E-state index >= 15 is 0 Å². The Labute approximate surface area is 229 Å². The van der Waals surface area contributed by atoms with Crippen molar-refractivity contribution in [2.75, 3.05) is 6.61 Å². The predicted molar refractivity (Wildman–Crippen MR) is 140 cm³/mol. The number of benzene rings is 2. The number of aliphatic hydroxyl groups is 1. The normalized spacial score (nSPS) is 17.0. The van der Waals surface area contributed by atoms with Gasteiger partial charge in [0.2, 0.25) is 5.88 Å². The molecule has 1 aliphatic rings. The van der Waals surface area contributed by atoms with Gasteiger partial charge in [-0.1, -0.05) is 13.0 Å². The summed E-state index contributed by atoms with van der Waals surface area (Å²) in [6, 6.07) is 7.82. The smallest absolute Gasteiger partial charge is 0.417 e.